The van der Waals surface area contributed by atoms with E-state index in [2.05, 4.69) is 133 Å². The molecule has 0 N–H and O–H groups in total. The molecule has 2 aromatic heterocycles. The number of hydrogen-bond donors (Lipinski definition) is 0. The van der Waals surface area contributed by atoms with E-state index in [9.17, 15) is 0 Å². The molecular weight excluding hydrogens is 657 g/mol. The maximum absolute atomic E-state index is 5.13. The minimum atomic E-state index is 0.549. The molecule has 2 heterocycles. The summed E-state index contributed by atoms with van der Waals surface area (Å²) in [7, 11) is 0. The van der Waals surface area contributed by atoms with Crippen molar-refractivity contribution >= 4 is 64.8 Å². The van der Waals surface area contributed by atoms with Crippen molar-refractivity contribution in [1.29, 1.82) is 0 Å². The molecule has 0 radical (unpaired) electrons. The highest BCUT2D eigenvalue weighted by atomic mass is 15.0. The van der Waals surface area contributed by atoms with Crippen LogP contribution in [0.15, 0.2) is 182 Å². The minimum absolute atomic E-state index is 0.549. The van der Waals surface area contributed by atoms with Crippen LogP contribution in [0.4, 0.5) is 0 Å². The van der Waals surface area contributed by atoms with Crippen LogP contribution in [-0.4, -0.2) is 19.9 Å². The number of para-hydroxylation sites is 1. The van der Waals surface area contributed by atoms with E-state index in [1.807, 2.05) is 48.5 Å². The fourth-order valence-corrected chi connectivity index (χ4v) is 8.05. The van der Waals surface area contributed by atoms with Crippen molar-refractivity contribution in [3.05, 3.63) is 182 Å². The molecule has 9 aromatic carbocycles. The van der Waals surface area contributed by atoms with Gasteiger partial charge in [-0.05, 0) is 83.9 Å². The summed E-state index contributed by atoms with van der Waals surface area (Å²) >= 11 is 0. The van der Waals surface area contributed by atoms with Crippen LogP contribution in [0.1, 0.15) is 0 Å². The lowest BCUT2D eigenvalue weighted by Gasteiger charge is -2.13. The Bertz CT molecular complexity index is 3240. The van der Waals surface area contributed by atoms with Crippen molar-refractivity contribution in [2.24, 2.45) is 0 Å². The quantitative estimate of drug-likeness (QED) is 0.173. The highest BCUT2D eigenvalue weighted by molar-refractivity contribution is 6.25. The van der Waals surface area contributed by atoms with Crippen molar-refractivity contribution in [1.82, 2.24) is 19.9 Å². The van der Waals surface area contributed by atoms with E-state index < -0.39 is 0 Å². The van der Waals surface area contributed by atoms with Crippen LogP contribution < -0.4 is 0 Å². The lowest BCUT2D eigenvalue weighted by molar-refractivity contribution is 1.07. The van der Waals surface area contributed by atoms with E-state index in [1.165, 1.54) is 43.4 Å². The Balaban J connectivity index is 1.04. The number of benzene rings is 9. The van der Waals surface area contributed by atoms with E-state index in [0.717, 1.165) is 49.3 Å². The zero-order valence-electron chi connectivity index (χ0n) is 29.1. The van der Waals surface area contributed by atoms with E-state index >= 15 is 0 Å². The van der Waals surface area contributed by atoms with Gasteiger partial charge in [-0.2, -0.15) is 0 Å². The maximum atomic E-state index is 5.13. The first-order chi connectivity index (χ1) is 26.7. The van der Waals surface area contributed by atoms with E-state index in [4.69, 9.17) is 19.9 Å². The summed E-state index contributed by atoms with van der Waals surface area (Å²) in [6, 6.07) is 64.2. The summed E-state index contributed by atoms with van der Waals surface area (Å²) in [5.41, 5.74) is 5.87. The molecular formula is C50H30N4. The number of rotatable bonds is 4. The number of hydrogen-bond acceptors (Lipinski definition) is 4. The third kappa shape index (κ3) is 4.92. The Morgan fingerprint density at radius 3 is 1.37 bits per heavy atom. The van der Waals surface area contributed by atoms with Gasteiger partial charge in [0.1, 0.15) is 5.69 Å². The predicted octanol–water partition coefficient (Wildman–Crippen LogP) is 12.9. The second-order valence-electron chi connectivity index (χ2n) is 13.8. The van der Waals surface area contributed by atoms with Gasteiger partial charge in [0.05, 0.1) is 5.52 Å². The monoisotopic (exact) mass is 686 g/mol. The van der Waals surface area contributed by atoms with Crippen molar-refractivity contribution in [3.8, 4) is 45.4 Å². The van der Waals surface area contributed by atoms with E-state index in [0.29, 0.717) is 17.5 Å². The molecule has 54 heavy (non-hydrogen) atoms. The normalized spacial score (nSPS) is 11.7. The molecule has 0 bridgehead atoms. The minimum Gasteiger partial charge on any atom is -0.244 e. The molecule has 0 aliphatic heterocycles. The predicted molar refractivity (Wildman–Crippen MR) is 224 cm³/mol. The Hall–Kier alpha value is -7.30. The van der Waals surface area contributed by atoms with Gasteiger partial charge in [-0.3, -0.25) is 0 Å². The van der Waals surface area contributed by atoms with Gasteiger partial charge in [-0.1, -0.05) is 158 Å². The van der Waals surface area contributed by atoms with Gasteiger partial charge in [-0.15, -0.1) is 0 Å². The van der Waals surface area contributed by atoms with Crippen LogP contribution in [0.25, 0.3) is 110 Å². The Morgan fingerprint density at radius 1 is 0.241 bits per heavy atom. The first kappa shape index (κ1) is 30.3. The standard InChI is InChI=1S/C50H30N4/c1-2-12-31(13-3-1)48-52-49(54-50(53-48)47-44-20-9-8-18-41(44)43-19-10-11-21-46(43)51-47)36-25-24-32-28-33(22-23-34(32)29-36)35-26-27-42-39-16-5-4-14-37(39)38-15-6-7-17-40(38)45(42)30-35/h1-30H. The highest BCUT2D eigenvalue weighted by Crippen LogP contribution is 2.38. The Morgan fingerprint density at radius 2 is 0.685 bits per heavy atom. The summed E-state index contributed by atoms with van der Waals surface area (Å²) in [6.45, 7) is 0. The van der Waals surface area contributed by atoms with Crippen LogP contribution >= 0.6 is 0 Å². The van der Waals surface area contributed by atoms with Crippen LogP contribution in [-0.2, 0) is 0 Å². The Labute approximate surface area is 311 Å². The third-order valence-electron chi connectivity index (χ3n) is 10.7. The molecule has 0 amide bonds. The molecule has 11 rings (SSSR count). The summed E-state index contributed by atoms with van der Waals surface area (Å²) in [5, 5.41) is 13.2. The lowest BCUT2D eigenvalue weighted by Crippen LogP contribution is -2.02. The van der Waals surface area contributed by atoms with Gasteiger partial charge in [0.2, 0.25) is 0 Å². The van der Waals surface area contributed by atoms with Crippen molar-refractivity contribution < 1.29 is 0 Å². The average Bonchev–Trinajstić information content (AvgIpc) is 3.26. The van der Waals surface area contributed by atoms with Crippen molar-refractivity contribution in [2.45, 2.75) is 0 Å². The van der Waals surface area contributed by atoms with Gasteiger partial charge < -0.3 is 0 Å². The Kier molecular flexibility index (Phi) is 6.82. The van der Waals surface area contributed by atoms with Crippen LogP contribution in [0.5, 0.6) is 0 Å². The molecule has 0 saturated heterocycles. The molecule has 0 aliphatic rings. The molecule has 0 spiro atoms. The molecule has 4 nitrogen and oxygen atoms in total. The SMILES string of the molecule is c1ccc(-c2nc(-c3ccc4cc(-c5ccc6c7ccccc7c7ccccc7c6c5)ccc4c3)nc(-c3nc4ccccc4c4ccccc34)n2)cc1. The largest absolute Gasteiger partial charge is 0.244 e. The van der Waals surface area contributed by atoms with Crippen molar-refractivity contribution in [2.75, 3.05) is 0 Å². The van der Waals surface area contributed by atoms with Crippen LogP contribution in [0.2, 0.25) is 0 Å². The van der Waals surface area contributed by atoms with Gasteiger partial charge in [0.15, 0.2) is 17.5 Å². The molecule has 250 valence electrons. The maximum Gasteiger partial charge on any atom is 0.183 e. The summed E-state index contributed by atoms with van der Waals surface area (Å²) in [4.78, 5) is 20.3. The third-order valence-corrected chi connectivity index (χ3v) is 10.7. The number of nitrogens with zero attached hydrogens (tertiary/aromatic N) is 4. The number of pyridine rings is 1. The number of aromatic nitrogens is 4. The second-order valence-corrected chi connectivity index (χ2v) is 13.8. The molecule has 0 fully saturated rings. The molecule has 11 aromatic rings. The first-order valence-electron chi connectivity index (χ1n) is 18.2. The summed E-state index contributed by atoms with van der Waals surface area (Å²) in [5.74, 6) is 1.77. The average molecular weight is 687 g/mol. The van der Waals surface area contributed by atoms with Crippen molar-refractivity contribution in [3.63, 3.8) is 0 Å². The molecule has 0 unspecified atom stereocenters. The number of fused-ring (bicyclic) bond motifs is 10. The molecule has 0 aliphatic carbocycles. The van der Waals surface area contributed by atoms with Gasteiger partial charge in [-0.25, -0.2) is 19.9 Å². The molecule has 0 saturated carbocycles. The zero-order valence-corrected chi connectivity index (χ0v) is 29.1. The van der Waals surface area contributed by atoms with Gasteiger partial charge in [0, 0.05) is 21.9 Å². The molecule has 0 atom stereocenters. The van der Waals surface area contributed by atoms with Gasteiger partial charge >= 0.3 is 0 Å². The van der Waals surface area contributed by atoms with E-state index in [1.54, 1.807) is 0 Å². The van der Waals surface area contributed by atoms with E-state index in [-0.39, 0.29) is 0 Å². The summed E-state index contributed by atoms with van der Waals surface area (Å²) in [6.07, 6.45) is 0. The zero-order chi connectivity index (χ0) is 35.6. The lowest BCUT2D eigenvalue weighted by atomic mass is 9.91. The van der Waals surface area contributed by atoms with Crippen LogP contribution in [0, 0.1) is 0 Å². The smallest absolute Gasteiger partial charge is 0.183 e. The highest BCUT2D eigenvalue weighted by Gasteiger charge is 2.18. The fourth-order valence-electron chi connectivity index (χ4n) is 8.05. The molecule has 4 heteroatoms. The van der Waals surface area contributed by atoms with Crippen LogP contribution in [0.3, 0.4) is 0 Å². The topological polar surface area (TPSA) is 51.6 Å². The van der Waals surface area contributed by atoms with Gasteiger partial charge in [0.25, 0.3) is 0 Å². The fraction of sp³-hybridized carbons (Fsp3) is 0. The summed E-state index contributed by atoms with van der Waals surface area (Å²) < 4.78 is 0. The second kappa shape index (κ2) is 12.1. The first-order valence-corrected chi connectivity index (χ1v) is 18.2.